The van der Waals surface area contributed by atoms with Crippen molar-refractivity contribution in [3.63, 3.8) is 0 Å². The van der Waals surface area contributed by atoms with E-state index in [9.17, 15) is 19.5 Å². The molecule has 152 valence electrons. The van der Waals surface area contributed by atoms with Gasteiger partial charge in [-0.25, -0.2) is 9.59 Å². The monoisotopic (exact) mass is 390 g/mol. The predicted octanol–water partition coefficient (Wildman–Crippen LogP) is 2.84. The summed E-state index contributed by atoms with van der Waals surface area (Å²) in [6.07, 6.45) is -1.81. The second-order valence-corrected chi connectivity index (χ2v) is 6.87. The number of Topliss-reactive ketones (excluding diaryl/α,β-unsaturated/α-hetero) is 1. The molecule has 0 spiro atoms. The van der Waals surface area contributed by atoms with E-state index in [1.807, 2.05) is 0 Å². The number of ether oxygens (including phenoxy) is 2. The highest BCUT2D eigenvalue weighted by Crippen LogP contribution is 2.26. The average molecular weight is 390 g/mol. The van der Waals surface area contributed by atoms with E-state index in [4.69, 9.17) is 9.47 Å². The highest BCUT2D eigenvalue weighted by atomic mass is 16.5. The van der Waals surface area contributed by atoms with E-state index < -0.39 is 29.9 Å². The number of rotatable bonds is 6. The summed E-state index contributed by atoms with van der Waals surface area (Å²) in [5.74, 6) is -1.69. The maximum absolute atomic E-state index is 12.8. The van der Waals surface area contributed by atoms with Crippen LogP contribution in [-0.2, 0) is 9.47 Å². The number of aromatic nitrogens is 2. The standard InChI is InChI=1S/C20H26N2O6/c1-8-14(12(5)23)10(3)22-17(8)20(26)28-13(6)18(24)16-9(2)15(11(4)21-16)19(25)27-7/h12-13,21-23H,1-7H3/t12-,13+/m1/s1. The van der Waals surface area contributed by atoms with E-state index >= 15 is 0 Å². The van der Waals surface area contributed by atoms with Crippen molar-refractivity contribution in [1.29, 1.82) is 0 Å². The van der Waals surface area contributed by atoms with Crippen LogP contribution in [0.3, 0.4) is 0 Å². The van der Waals surface area contributed by atoms with Crippen LogP contribution in [-0.4, -0.2) is 46.0 Å². The van der Waals surface area contributed by atoms with Gasteiger partial charge in [0, 0.05) is 17.0 Å². The lowest BCUT2D eigenvalue weighted by atomic mass is 10.1. The fourth-order valence-corrected chi connectivity index (χ4v) is 3.48. The number of ketones is 1. The molecule has 8 heteroatoms. The lowest BCUT2D eigenvalue weighted by Crippen LogP contribution is -2.26. The second kappa shape index (κ2) is 8.02. The number of aliphatic hydroxyl groups is 1. The third kappa shape index (κ3) is 3.73. The number of nitrogens with one attached hydrogen (secondary N) is 2. The maximum atomic E-state index is 12.8. The zero-order chi connectivity index (χ0) is 21.3. The van der Waals surface area contributed by atoms with E-state index in [0.29, 0.717) is 33.6 Å². The first-order valence-corrected chi connectivity index (χ1v) is 8.90. The lowest BCUT2D eigenvalue weighted by molar-refractivity contribution is 0.0310. The first-order chi connectivity index (χ1) is 13.0. The van der Waals surface area contributed by atoms with Crippen LogP contribution < -0.4 is 0 Å². The van der Waals surface area contributed by atoms with Gasteiger partial charge in [0.15, 0.2) is 6.10 Å². The van der Waals surface area contributed by atoms with Gasteiger partial charge in [0.25, 0.3) is 0 Å². The Morgan fingerprint density at radius 1 is 0.893 bits per heavy atom. The first-order valence-electron chi connectivity index (χ1n) is 8.90. The van der Waals surface area contributed by atoms with Crippen molar-refractivity contribution >= 4 is 17.7 Å². The molecule has 0 saturated heterocycles. The molecule has 0 fully saturated rings. The Morgan fingerprint density at radius 3 is 1.96 bits per heavy atom. The number of hydrogen-bond acceptors (Lipinski definition) is 6. The second-order valence-electron chi connectivity index (χ2n) is 6.87. The maximum Gasteiger partial charge on any atom is 0.355 e. The Hall–Kier alpha value is -2.87. The van der Waals surface area contributed by atoms with Gasteiger partial charge in [-0.05, 0) is 52.7 Å². The normalized spacial score (nSPS) is 13.1. The third-order valence-corrected chi connectivity index (χ3v) is 4.84. The average Bonchev–Trinajstić information content (AvgIpc) is 3.08. The Balaban J connectivity index is 2.25. The van der Waals surface area contributed by atoms with Gasteiger partial charge in [0.1, 0.15) is 5.69 Å². The zero-order valence-corrected chi connectivity index (χ0v) is 17.1. The van der Waals surface area contributed by atoms with Gasteiger partial charge in [-0.3, -0.25) is 4.79 Å². The molecule has 0 radical (unpaired) electrons. The predicted molar refractivity (Wildman–Crippen MR) is 102 cm³/mol. The van der Waals surface area contributed by atoms with Crippen molar-refractivity contribution in [2.24, 2.45) is 0 Å². The summed E-state index contributed by atoms with van der Waals surface area (Å²) < 4.78 is 10.1. The molecule has 0 unspecified atom stereocenters. The Morgan fingerprint density at radius 2 is 1.46 bits per heavy atom. The molecule has 28 heavy (non-hydrogen) atoms. The lowest BCUT2D eigenvalue weighted by Gasteiger charge is -2.12. The van der Waals surface area contributed by atoms with Crippen molar-refractivity contribution in [2.45, 2.75) is 53.8 Å². The van der Waals surface area contributed by atoms with E-state index in [-0.39, 0.29) is 11.4 Å². The molecule has 0 aromatic carbocycles. The number of H-pyrrole nitrogens is 2. The number of esters is 2. The van der Waals surface area contributed by atoms with Crippen LogP contribution in [0.2, 0.25) is 0 Å². The smallest absolute Gasteiger partial charge is 0.355 e. The van der Waals surface area contributed by atoms with Crippen LogP contribution in [0.25, 0.3) is 0 Å². The zero-order valence-electron chi connectivity index (χ0n) is 17.1. The largest absolute Gasteiger partial charge is 0.465 e. The van der Waals surface area contributed by atoms with Crippen LogP contribution in [0, 0.1) is 27.7 Å². The molecular formula is C20H26N2O6. The van der Waals surface area contributed by atoms with Gasteiger partial charge >= 0.3 is 11.9 Å². The number of methoxy groups -OCH3 is 1. The minimum atomic E-state index is -1.08. The molecule has 8 nitrogen and oxygen atoms in total. The molecule has 2 aromatic rings. The van der Waals surface area contributed by atoms with Crippen molar-refractivity contribution in [3.05, 3.63) is 45.0 Å². The summed E-state index contributed by atoms with van der Waals surface area (Å²) in [5, 5.41) is 9.86. The van der Waals surface area contributed by atoms with Crippen LogP contribution in [0.1, 0.15) is 79.4 Å². The number of aryl methyl sites for hydroxylation is 2. The van der Waals surface area contributed by atoms with Crippen molar-refractivity contribution in [2.75, 3.05) is 7.11 Å². The molecule has 2 heterocycles. The molecule has 2 aromatic heterocycles. The van der Waals surface area contributed by atoms with Gasteiger partial charge in [-0.1, -0.05) is 0 Å². The fraction of sp³-hybridized carbons (Fsp3) is 0.450. The van der Waals surface area contributed by atoms with E-state index in [1.165, 1.54) is 14.0 Å². The van der Waals surface area contributed by atoms with Crippen LogP contribution in [0.5, 0.6) is 0 Å². The minimum Gasteiger partial charge on any atom is -0.465 e. The van der Waals surface area contributed by atoms with E-state index in [2.05, 4.69) is 9.97 Å². The van der Waals surface area contributed by atoms with Gasteiger partial charge in [0.2, 0.25) is 5.78 Å². The van der Waals surface area contributed by atoms with E-state index in [0.717, 1.165) is 0 Å². The van der Waals surface area contributed by atoms with Gasteiger partial charge in [-0.15, -0.1) is 0 Å². The van der Waals surface area contributed by atoms with Crippen LogP contribution in [0.4, 0.5) is 0 Å². The quantitative estimate of drug-likeness (QED) is 0.515. The van der Waals surface area contributed by atoms with Gasteiger partial charge < -0.3 is 24.5 Å². The Bertz CT molecular complexity index is 935. The number of carbonyl (C=O) groups excluding carboxylic acids is 3. The van der Waals surface area contributed by atoms with Crippen LogP contribution in [0.15, 0.2) is 0 Å². The minimum absolute atomic E-state index is 0.197. The number of aliphatic hydroxyl groups excluding tert-OH is 1. The summed E-state index contributed by atoms with van der Waals surface area (Å²) in [5.41, 5.74) is 3.51. The van der Waals surface area contributed by atoms with Gasteiger partial charge in [-0.2, -0.15) is 0 Å². The molecule has 2 atom stereocenters. The highest BCUT2D eigenvalue weighted by Gasteiger charge is 2.29. The fourth-order valence-electron chi connectivity index (χ4n) is 3.48. The molecule has 0 amide bonds. The summed E-state index contributed by atoms with van der Waals surface area (Å²) in [4.78, 5) is 43.0. The molecule has 0 saturated carbocycles. The SMILES string of the molecule is COC(=O)c1c(C)[nH]c(C(=O)[C@H](C)OC(=O)c2[nH]c(C)c([C@@H](C)O)c2C)c1C. The van der Waals surface area contributed by atoms with Gasteiger partial charge in [0.05, 0.1) is 24.5 Å². The molecular weight excluding hydrogens is 364 g/mol. The van der Waals surface area contributed by atoms with Crippen LogP contribution >= 0.6 is 0 Å². The van der Waals surface area contributed by atoms with Crippen molar-refractivity contribution < 1.29 is 29.0 Å². The van der Waals surface area contributed by atoms with E-state index in [1.54, 1.807) is 34.6 Å². The number of carbonyl (C=O) groups is 3. The highest BCUT2D eigenvalue weighted by molar-refractivity contribution is 6.04. The number of aromatic amines is 2. The Kier molecular flexibility index (Phi) is 6.14. The molecule has 0 aliphatic heterocycles. The third-order valence-electron chi connectivity index (χ3n) is 4.84. The first kappa shape index (κ1) is 21.4. The molecule has 0 aliphatic carbocycles. The molecule has 0 aliphatic rings. The number of hydrogen-bond donors (Lipinski definition) is 3. The summed E-state index contributed by atoms with van der Waals surface area (Å²) in [6.45, 7) is 9.82. The summed E-state index contributed by atoms with van der Waals surface area (Å²) in [7, 11) is 1.27. The molecule has 2 rings (SSSR count). The van der Waals surface area contributed by atoms with Crippen molar-refractivity contribution in [1.82, 2.24) is 9.97 Å². The summed E-state index contributed by atoms with van der Waals surface area (Å²) >= 11 is 0. The molecule has 0 bridgehead atoms. The van der Waals surface area contributed by atoms with Crippen molar-refractivity contribution in [3.8, 4) is 0 Å². The topological polar surface area (TPSA) is 121 Å². The Labute approximate surface area is 163 Å². The molecule has 3 N–H and O–H groups in total. The summed E-state index contributed by atoms with van der Waals surface area (Å²) in [6, 6.07) is 0.